The molecule has 5 rings (SSSR count). The number of carbonyl (C=O) groups excluding carboxylic acids is 2. The number of imidazole rings is 1. The fourth-order valence-electron chi connectivity index (χ4n) is 6.27. The quantitative estimate of drug-likeness (QED) is 0.215. The van der Waals surface area contributed by atoms with Crippen LogP contribution in [0.5, 0.6) is 5.75 Å². The number of benzene rings is 3. The highest BCUT2D eigenvalue weighted by atomic mass is 16.5. The van der Waals surface area contributed by atoms with Crippen molar-refractivity contribution in [1.29, 1.82) is 0 Å². The maximum atomic E-state index is 13.9. The fourth-order valence-corrected chi connectivity index (χ4v) is 6.27. The molecule has 8 heteroatoms. The highest BCUT2D eigenvalue weighted by Gasteiger charge is 2.25. The van der Waals surface area contributed by atoms with Gasteiger partial charge < -0.3 is 19.1 Å². The zero-order valence-electron chi connectivity index (χ0n) is 27.5. The molecule has 4 aromatic rings. The van der Waals surface area contributed by atoms with Crippen molar-refractivity contribution in [2.75, 3.05) is 37.7 Å². The van der Waals surface area contributed by atoms with Gasteiger partial charge in [0.15, 0.2) is 6.61 Å². The molecule has 242 valence electrons. The minimum absolute atomic E-state index is 0.0583. The molecule has 0 atom stereocenters. The van der Waals surface area contributed by atoms with E-state index in [1.165, 1.54) is 5.56 Å². The van der Waals surface area contributed by atoms with E-state index >= 15 is 0 Å². The monoisotopic (exact) mass is 621 g/mol. The number of para-hydroxylation sites is 2. The van der Waals surface area contributed by atoms with Crippen LogP contribution in [0.2, 0.25) is 0 Å². The Labute approximate surface area is 273 Å². The Morgan fingerprint density at radius 3 is 2.30 bits per heavy atom. The average Bonchev–Trinajstić information content (AvgIpc) is 3.54. The zero-order valence-corrected chi connectivity index (χ0v) is 27.5. The highest BCUT2D eigenvalue weighted by Crippen LogP contribution is 2.28. The number of hydrogen-bond donors (Lipinski definition) is 0. The summed E-state index contributed by atoms with van der Waals surface area (Å²) in [6, 6.07) is 26.1. The number of aromatic nitrogens is 2. The second-order valence-corrected chi connectivity index (χ2v) is 12.4. The number of nitrogens with zero attached hydrogens (tertiary/aromatic N) is 5. The summed E-state index contributed by atoms with van der Waals surface area (Å²) in [5, 5.41) is 0. The molecular formula is C38H47N5O3. The topological polar surface area (TPSA) is 70.9 Å². The molecule has 0 N–H and O–H groups in total. The van der Waals surface area contributed by atoms with Crippen LogP contribution >= 0.6 is 0 Å². The maximum absolute atomic E-state index is 13.9. The summed E-state index contributed by atoms with van der Waals surface area (Å²) in [6.07, 6.45) is 5.85. The largest absolute Gasteiger partial charge is 0.484 e. The Morgan fingerprint density at radius 2 is 1.57 bits per heavy atom. The minimum Gasteiger partial charge on any atom is -0.484 e. The van der Waals surface area contributed by atoms with E-state index < -0.39 is 0 Å². The first-order valence-corrected chi connectivity index (χ1v) is 16.5. The van der Waals surface area contributed by atoms with Gasteiger partial charge in [0.2, 0.25) is 5.91 Å². The Balaban J connectivity index is 1.41. The minimum atomic E-state index is -0.0923. The molecule has 0 saturated carbocycles. The Kier molecular flexibility index (Phi) is 11.6. The van der Waals surface area contributed by atoms with Crippen LogP contribution < -0.4 is 9.64 Å². The lowest BCUT2D eigenvalue weighted by Gasteiger charge is -2.32. The van der Waals surface area contributed by atoms with Gasteiger partial charge in [-0.05, 0) is 48.6 Å². The first-order chi connectivity index (χ1) is 22.4. The SMILES string of the molecule is Cc1cccc2c1N(C(=O)COc1ccccc1)CCCN(Cc1ccccc1)CCCN(C(=O)CCn1ccnc1C(C)C)C2. The van der Waals surface area contributed by atoms with Gasteiger partial charge in [0.1, 0.15) is 11.6 Å². The van der Waals surface area contributed by atoms with Gasteiger partial charge >= 0.3 is 0 Å². The van der Waals surface area contributed by atoms with E-state index in [0.29, 0.717) is 38.3 Å². The van der Waals surface area contributed by atoms with E-state index in [0.717, 1.165) is 55.1 Å². The number of rotatable bonds is 9. The lowest BCUT2D eigenvalue weighted by Crippen LogP contribution is -2.41. The van der Waals surface area contributed by atoms with E-state index in [9.17, 15) is 9.59 Å². The maximum Gasteiger partial charge on any atom is 0.264 e. The zero-order chi connectivity index (χ0) is 32.3. The molecule has 0 radical (unpaired) electrons. The van der Waals surface area contributed by atoms with E-state index in [4.69, 9.17) is 4.74 Å². The molecule has 0 spiro atoms. The predicted octanol–water partition coefficient (Wildman–Crippen LogP) is 6.44. The fraction of sp³-hybridized carbons (Fsp3) is 0.395. The second-order valence-electron chi connectivity index (χ2n) is 12.4. The van der Waals surface area contributed by atoms with Gasteiger partial charge in [-0.3, -0.25) is 14.5 Å². The van der Waals surface area contributed by atoms with Crippen molar-refractivity contribution in [1.82, 2.24) is 19.4 Å². The standard InChI is InChI=1S/C38H47N5O3/c1-30(2)38-39-20-26-41(38)25-19-35(44)42-23-11-21-40(27-32-14-6-4-7-15-32)22-12-24-43(37-31(3)13-10-16-33(37)28-42)36(45)29-46-34-17-8-5-9-18-34/h4-10,13-18,20,26,30H,11-12,19,21-25,27-29H2,1-3H3. The highest BCUT2D eigenvalue weighted by molar-refractivity contribution is 5.96. The van der Waals surface area contributed by atoms with E-state index in [1.54, 1.807) is 0 Å². The third-order valence-electron chi connectivity index (χ3n) is 8.55. The summed E-state index contributed by atoms with van der Waals surface area (Å²) in [4.78, 5) is 38.6. The van der Waals surface area contributed by atoms with Crippen molar-refractivity contribution in [3.05, 3.63) is 114 Å². The Bertz CT molecular complexity index is 1550. The van der Waals surface area contributed by atoms with Crippen LogP contribution in [0.25, 0.3) is 0 Å². The van der Waals surface area contributed by atoms with Gasteiger partial charge in [0, 0.05) is 70.5 Å². The number of carbonyl (C=O) groups is 2. The summed E-state index contributed by atoms with van der Waals surface area (Å²) < 4.78 is 8.02. The molecule has 0 saturated heterocycles. The van der Waals surface area contributed by atoms with Gasteiger partial charge in [-0.1, -0.05) is 80.6 Å². The summed E-state index contributed by atoms with van der Waals surface area (Å²) >= 11 is 0. The lowest BCUT2D eigenvalue weighted by molar-refractivity contribution is -0.132. The Morgan fingerprint density at radius 1 is 0.848 bits per heavy atom. The van der Waals surface area contributed by atoms with Crippen LogP contribution in [0, 0.1) is 6.92 Å². The molecule has 1 aliphatic rings. The molecule has 3 aromatic carbocycles. The van der Waals surface area contributed by atoms with Crippen LogP contribution in [-0.2, 0) is 29.2 Å². The summed E-state index contributed by atoms with van der Waals surface area (Å²) in [5.74, 6) is 1.95. The smallest absolute Gasteiger partial charge is 0.264 e. The molecule has 8 nitrogen and oxygen atoms in total. The number of ether oxygens (including phenoxy) is 1. The van der Waals surface area contributed by atoms with E-state index in [1.807, 2.05) is 77.6 Å². The van der Waals surface area contributed by atoms with Gasteiger partial charge in [-0.2, -0.15) is 0 Å². The van der Waals surface area contributed by atoms with Gasteiger partial charge in [-0.25, -0.2) is 4.98 Å². The molecule has 0 aliphatic carbocycles. The number of fused-ring (bicyclic) bond motifs is 1. The molecule has 2 heterocycles. The number of hydrogen-bond acceptors (Lipinski definition) is 5. The van der Waals surface area contributed by atoms with Crippen molar-refractivity contribution in [3.8, 4) is 5.75 Å². The third-order valence-corrected chi connectivity index (χ3v) is 8.55. The third kappa shape index (κ3) is 8.85. The summed E-state index contributed by atoms with van der Waals surface area (Å²) in [7, 11) is 0. The first-order valence-electron chi connectivity index (χ1n) is 16.5. The van der Waals surface area contributed by atoms with Crippen LogP contribution in [0.3, 0.4) is 0 Å². The van der Waals surface area contributed by atoms with Gasteiger partial charge in [0.25, 0.3) is 5.91 Å². The molecule has 46 heavy (non-hydrogen) atoms. The first kappa shape index (κ1) is 32.9. The second kappa shape index (κ2) is 16.2. The van der Waals surface area contributed by atoms with Crippen LogP contribution in [0.4, 0.5) is 5.69 Å². The van der Waals surface area contributed by atoms with Crippen LogP contribution in [-0.4, -0.2) is 64.0 Å². The number of aryl methyl sites for hydroxylation is 2. The molecule has 1 aromatic heterocycles. The molecule has 0 fully saturated rings. The molecule has 0 unspecified atom stereocenters. The summed E-state index contributed by atoms with van der Waals surface area (Å²) in [5.41, 5.74) is 4.13. The molecule has 2 amide bonds. The van der Waals surface area contributed by atoms with E-state index in [-0.39, 0.29) is 24.3 Å². The van der Waals surface area contributed by atoms with Crippen molar-refractivity contribution < 1.29 is 14.3 Å². The average molecular weight is 622 g/mol. The molecule has 1 aliphatic heterocycles. The lowest BCUT2D eigenvalue weighted by atomic mass is 10.0. The normalized spacial score (nSPS) is 14.8. The molecule has 0 bridgehead atoms. The van der Waals surface area contributed by atoms with Crippen molar-refractivity contribution in [2.24, 2.45) is 0 Å². The number of amides is 2. The van der Waals surface area contributed by atoms with Crippen LogP contribution in [0.1, 0.15) is 61.5 Å². The van der Waals surface area contributed by atoms with Crippen molar-refractivity contribution >= 4 is 17.5 Å². The van der Waals surface area contributed by atoms with Gasteiger partial charge in [0.05, 0.1) is 5.69 Å². The van der Waals surface area contributed by atoms with Crippen molar-refractivity contribution in [2.45, 2.75) is 65.6 Å². The van der Waals surface area contributed by atoms with Gasteiger partial charge in [-0.15, -0.1) is 0 Å². The van der Waals surface area contributed by atoms with Crippen LogP contribution in [0.15, 0.2) is 91.3 Å². The van der Waals surface area contributed by atoms with Crippen molar-refractivity contribution in [3.63, 3.8) is 0 Å². The Hall–Kier alpha value is -4.43. The van der Waals surface area contributed by atoms with E-state index in [2.05, 4.69) is 58.6 Å². The molecular weight excluding hydrogens is 574 g/mol. The predicted molar refractivity (Wildman–Crippen MR) is 183 cm³/mol. The summed E-state index contributed by atoms with van der Waals surface area (Å²) in [6.45, 7) is 11.0. The number of anilines is 1.